The molecule has 0 amide bonds. The lowest BCUT2D eigenvalue weighted by Gasteiger charge is -2.08. The molecular weight excluding hydrogens is 212 g/mol. The minimum absolute atomic E-state index is 0.510. The summed E-state index contributed by atoms with van der Waals surface area (Å²) >= 11 is 0. The number of aromatic nitrogens is 3. The Kier molecular flexibility index (Phi) is 3.54. The molecule has 0 aliphatic rings. The van der Waals surface area contributed by atoms with Crippen molar-refractivity contribution in [2.24, 2.45) is 7.05 Å². The minimum atomic E-state index is 0.510. The van der Waals surface area contributed by atoms with Crippen molar-refractivity contribution in [3.8, 4) is 11.3 Å². The van der Waals surface area contributed by atoms with E-state index in [0.717, 1.165) is 17.8 Å². The summed E-state index contributed by atoms with van der Waals surface area (Å²) in [7, 11) is 1.90. The SMILES string of the molecule is CC(C)NCc1ccc(-c2cnnn2C)cc1. The lowest BCUT2D eigenvalue weighted by molar-refractivity contribution is 0.589. The average molecular weight is 230 g/mol. The van der Waals surface area contributed by atoms with Gasteiger partial charge in [0.25, 0.3) is 0 Å². The number of hydrogen-bond acceptors (Lipinski definition) is 3. The summed E-state index contributed by atoms with van der Waals surface area (Å²) in [4.78, 5) is 0. The summed E-state index contributed by atoms with van der Waals surface area (Å²) in [5, 5.41) is 11.2. The van der Waals surface area contributed by atoms with Crippen molar-refractivity contribution in [1.29, 1.82) is 0 Å². The molecule has 1 aromatic heterocycles. The van der Waals surface area contributed by atoms with E-state index in [1.807, 2.05) is 7.05 Å². The lowest BCUT2D eigenvalue weighted by Crippen LogP contribution is -2.21. The summed E-state index contributed by atoms with van der Waals surface area (Å²) in [5.74, 6) is 0. The van der Waals surface area contributed by atoms with Crippen molar-refractivity contribution in [3.63, 3.8) is 0 Å². The maximum atomic E-state index is 3.93. The third-order valence-electron chi connectivity index (χ3n) is 2.68. The van der Waals surface area contributed by atoms with Crippen LogP contribution in [0.2, 0.25) is 0 Å². The van der Waals surface area contributed by atoms with Crippen LogP contribution in [0.1, 0.15) is 19.4 Å². The predicted octanol–water partition coefficient (Wildman–Crippen LogP) is 1.98. The van der Waals surface area contributed by atoms with Gasteiger partial charge in [0.15, 0.2) is 0 Å². The number of rotatable bonds is 4. The third kappa shape index (κ3) is 2.91. The van der Waals surface area contributed by atoms with Gasteiger partial charge < -0.3 is 5.32 Å². The van der Waals surface area contributed by atoms with Crippen molar-refractivity contribution in [2.45, 2.75) is 26.4 Å². The zero-order valence-electron chi connectivity index (χ0n) is 10.5. The molecule has 2 rings (SSSR count). The molecule has 1 aromatic carbocycles. The molecule has 0 radical (unpaired) electrons. The molecule has 2 aromatic rings. The first kappa shape index (κ1) is 11.8. The van der Waals surface area contributed by atoms with Gasteiger partial charge in [0.2, 0.25) is 0 Å². The number of hydrogen-bond donors (Lipinski definition) is 1. The first-order valence-corrected chi connectivity index (χ1v) is 5.84. The quantitative estimate of drug-likeness (QED) is 0.873. The molecule has 0 spiro atoms. The Morgan fingerprint density at radius 1 is 1.24 bits per heavy atom. The zero-order chi connectivity index (χ0) is 12.3. The fourth-order valence-corrected chi connectivity index (χ4v) is 1.67. The summed E-state index contributed by atoms with van der Waals surface area (Å²) in [5.41, 5.74) is 3.47. The molecule has 0 atom stereocenters. The van der Waals surface area contributed by atoms with Gasteiger partial charge in [-0.15, -0.1) is 5.10 Å². The molecule has 0 aliphatic carbocycles. The van der Waals surface area contributed by atoms with E-state index in [4.69, 9.17) is 0 Å². The Balaban J connectivity index is 2.11. The van der Waals surface area contributed by atoms with Crippen molar-refractivity contribution < 1.29 is 0 Å². The molecule has 0 saturated heterocycles. The highest BCUT2D eigenvalue weighted by molar-refractivity contribution is 5.58. The monoisotopic (exact) mass is 230 g/mol. The molecule has 90 valence electrons. The molecule has 0 fully saturated rings. The van der Waals surface area contributed by atoms with Crippen LogP contribution in [0, 0.1) is 0 Å². The number of nitrogens with zero attached hydrogens (tertiary/aromatic N) is 3. The van der Waals surface area contributed by atoms with E-state index < -0.39 is 0 Å². The average Bonchev–Trinajstić information content (AvgIpc) is 2.73. The van der Waals surface area contributed by atoms with Crippen LogP contribution in [-0.4, -0.2) is 21.0 Å². The van der Waals surface area contributed by atoms with Gasteiger partial charge >= 0.3 is 0 Å². The molecule has 4 nitrogen and oxygen atoms in total. The predicted molar refractivity (Wildman–Crippen MR) is 68.4 cm³/mol. The fourth-order valence-electron chi connectivity index (χ4n) is 1.67. The van der Waals surface area contributed by atoms with Crippen molar-refractivity contribution in [2.75, 3.05) is 0 Å². The van der Waals surface area contributed by atoms with E-state index >= 15 is 0 Å². The number of benzene rings is 1. The maximum Gasteiger partial charge on any atom is 0.0882 e. The van der Waals surface area contributed by atoms with Crippen LogP contribution < -0.4 is 5.32 Å². The van der Waals surface area contributed by atoms with Gasteiger partial charge in [0.1, 0.15) is 0 Å². The van der Waals surface area contributed by atoms with Crippen molar-refractivity contribution >= 4 is 0 Å². The summed E-state index contributed by atoms with van der Waals surface area (Å²) < 4.78 is 1.78. The third-order valence-corrected chi connectivity index (χ3v) is 2.68. The Hall–Kier alpha value is -1.68. The van der Waals surface area contributed by atoms with Gasteiger partial charge in [-0.2, -0.15) is 0 Å². The standard InChI is InChI=1S/C13H18N4/c1-10(2)14-8-11-4-6-12(7-5-11)13-9-15-16-17(13)3/h4-7,9-10,14H,8H2,1-3H3. The molecule has 0 bridgehead atoms. The van der Waals surface area contributed by atoms with E-state index in [0.29, 0.717) is 6.04 Å². The van der Waals surface area contributed by atoms with Gasteiger partial charge in [0.05, 0.1) is 11.9 Å². The highest BCUT2D eigenvalue weighted by Crippen LogP contribution is 2.17. The summed E-state index contributed by atoms with van der Waals surface area (Å²) in [6.45, 7) is 5.20. The van der Waals surface area contributed by atoms with Crippen LogP contribution in [0.3, 0.4) is 0 Å². The van der Waals surface area contributed by atoms with E-state index in [-0.39, 0.29) is 0 Å². The molecular formula is C13H18N4. The van der Waals surface area contributed by atoms with Gasteiger partial charge in [-0.05, 0) is 5.56 Å². The maximum absolute atomic E-state index is 3.93. The topological polar surface area (TPSA) is 42.7 Å². The van der Waals surface area contributed by atoms with Crippen LogP contribution in [0.4, 0.5) is 0 Å². The highest BCUT2D eigenvalue weighted by Gasteiger charge is 2.03. The van der Waals surface area contributed by atoms with Crippen molar-refractivity contribution in [1.82, 2.24) is 20.3 Å². The number of aryl methyl sites for hydroxylation is 1. The molecule has 1 N–H and O–H groups in total. The molecule has 0 aliphatic heterocycles. The van der Waals surface area contributed by atoms with Gasteiger partial charge in [-0.25, -0.2) is 4.68 Å². The first-order valence-electron chi connectivity index (χ1n) is 5.84. The van der Waals surface area contributed by atoms with E-state index in [9.17, 15) is 0 Å². The van der Waals surface area contributed by atoms with Gasteiger partial charge in [0, 0.05) is 25.2 Å². The normalized spacial score (nSPS) is 11.1. The second kappa shape index (κ2) is 5.10. The summed E-state index contributed by atoms with van der Waals surface area (Å²) in [6, 6.07) is 9.00. The Bertz CT molecular complexity index is 470. The van der Waals surface area contributed by atoms with Gasteiger partial charge in [-0.3, -0.25) is 0 Å². The van der Waals surface area contributed by atoms with Crippen LogP contribution >= 0.6 is 0 Å². The zero-order valence-corrected chi connectivity index (χ0v) is 10.5. The van der Waals surface area contributed by atoms with E-state index in [1.165, 1.54) is 5.56 Å². The van der Waals surface area contributed by atoms with Crippen LogP contribution in [0.25, 0.3) is 11.3 Å². The molecule has 1 heterocycles. The smallest absolute Gasteiger partial charge is 0.0882 e. The largest absolute Gasteiger partial charge is 0.310 e. The highest BCUT2D eigenvalue weighted by atomic mass is 15.4. The fraction of sp³-hybridized carbons (Fsp3) is 0.385. The van der Waals surface area contributed by atoms with Crippen molar-refractivity contribution in [3.05, 3.63) is 36.0 Å². The second-order valence-corrected chi connectivity index (χ2v) is 4.48. The molecule has 17 heavy (non-hydrogen) atoms. The Labute approximate surface area is 102 Å². The van der Waals surface area contributed by atoms with Crippen LogP contribution in [0.5, 0.6) is 0 Å². The summed E-state index contributed by atoms with van der Waals surface area (Å²) in [6.07, 6.45) is 1.78. The molecule has 0 saturated carbocycles. The Morgan fingerprint density at radius 3 is 2.47 bits per heavy atom. The molecule has 4 heteroatoms. The second-order valence-electron chi connectivity index (χ2n) is 4.48. The minimum Gasteiger partial charge on any atom is -0.310 e. The van der Waals surface area contributed by atoms with E-state index in [2.05, 4.69) is 53.7 Å². The molecule has 0 unspecified atom stereocenters. The lowest BCUT2D eigenvalue weighted by atomic mass is 10.1. The van der Waals surface area contributed by atoms with Crippen LogP contribution in [0.15, 0.2) is 30.5 Å². The Morgan fingerprint density at radius 2 is 1.94 bits per heavy atom. The first-order chi connectivity index (χ1) is 8.16. The van der Waals surface area contributed by atoms with E-state index in [1.54, 1.807) is 10.9 Å². The number of nitrogens with one attached hydrogen (secondary N) is 1. The van der Waals surface area contributed by atoms with Crippen LogP contribution in [-0.2, 0) is 13.6 Å². The van der Waals surface area contributed by atoms with Gasteiger partial charge in [-0.1, -0.05) is 43.3 Å².